The van der Waals surface area contributed by atoms with E-state index in [0.717, 1.165) is 39.1 Å². The van der Waals surface area contributed by atoms with E-state index in [1.54, 1.807) is 0 Å². The van der Waals surface area contributed by atoms with Crippen molar-refractivity contribution in [3.63, 3.8) is 0 Å². The third kappa shape index (κ3) is 3.92. The Labute approximate surface area is 180 Å². The second kappa shape index (κ2) is 8.13. The number of fused-ring (bicyclic) bond motifs is 4. The monoisotopic (exact) mass is 419 g/mol. The molecule has 1 fully saturated rings. The van der Waals surface area contributed by atoms with Crippen molar-refractivity contribution in [2.45, 2.75) is 19.0 Å². The van der Waals surface area contributed by atoms with Gasteiger partial charge in [-0.2, -0.15) is 0 Å². The molecule has 0 aliphatic carbocycles. The van der Waals surface area contributed by atoms with Gasteiger partial charge in [0.1, 0.15) is 0 Å². The highest BCUT2D eigenvalue weighted by molar-refractivity contribution is 5.94. The van der Waals surface area contributed by atoms with Crippen molar-refractivity contribution in [3.05, 3.63) is 75.5 Å². The number of nitrogens with one attached hydrogen (secondary N) is 2. The summed E-state index contributed by atoms with van der Waals surface area (Å²) in [5, 5.41) is 15.0. The third-order valence-electron chi connectivity index (χ3n) is 6.45. The molecule has 1 amide bonds. The summed E-state index contributed by atoms with van der Waals surface area (Å²) in [4.78, 5) is 31.2. The molecule has 8 heteroatoms. The summed E-state index contributed by atoms with van der Waals surface area (Å²) in [6, 6.07) is 14.7. The number of carbonyl (C=O) groups excluding carboxylic acids is 1. The number of non-ortho nitro benzene ring substituents is 1. The van der Waals surface area contributed by atoms with E-state index in [9.17, 15) is 14.9 Å². The molecule has 31 heavy (non-hydrogen) atoms. The molecular formula is C23H25N5O3. The highest BCUT2D eigenvalue weighted by atomic mass is 16.6. The Bertz CT molecular complexity index is 1120. The van der Waals surface area contributed by atoms with Crippen LogP contribution in [0.5, 0.6) is 0 Å². The molecule has 0 spiro atoms. The number of hydrogen-bond acceptors (Lipinski definition) is 5. The molecule has 3 heterocycles. The number of nitrogens with zero attached hydrogens (tertiary/aromatic N) is 3. The Balaban J connectivity index is 1.16. The molecule has 3 aromatic rings. The highest BCUT2D eigenvalue weighted by Crippen LogP contribution is 2.31. The number of carbonyl (C=O) groups is 1. The van der Waals surface area contributed by atoms with E-state index in [0.29, 0.717) is 18.2 Å². The standard InChI is InChI=1S/C23H25N5O3/c29-23(16-5-7-17(8-6-16)28(30)31)24-9-10-26-11-12-27-15-22-20(13-18(27)14-26)19-3-1-2-4-21(19)25-22/h1-8,18,25H,9-15H2,(H,24,29). The van der Waals surface area contributed by atoms with Crippen molar-refractivity contribution in [3.8, 4) is 0 Å². The minimum Gasteiger partial charge on any atom is -0.357 e. The Kier molecular flexibility index (Phi) is 5.17. The quantitative estimate of drug-likeness (QED) is 0.490. The van der Waals surface area contributed by atoms with Crippen LogP contribution in [0.25, 0.3) is 10.9 Å². The lowest BCUT2D eigenvalue weighted by Crippen LogP contribution is -2.56. The summed E-state index contributed by atoms with van der Waals surface area (Å²) in [7, 11) is 0. The summed E-state index contributed by atoms with van der Waals surface area (Å²) < 4.78 is 0. The second-order valence-corrected chi connectivity index (χ2v) is 8.32. The molecule has 1 atom stereocenters. The molecule has 1 aromatic heterocycles. The van der Waals surface area contributed by atoms with Gasteiger partial charge in [0.2, 0.25) is 0 Å². The van der Waals surface area contributed by atoms with Crippen LogP contribution in [0.2, 0.25) is 0 Å². The number of nitro groups is 1. The summed E-state index contributed by atoms with van der Waals surface area (Å²) in [6.07, 6.45) is 1.05. The topological polar surface area (TPSA) is 94.5 Å². The Morgan fingerprint density at radius 1 is 1.16 bits per heavy atom. The molecule has 0 radical (unpaired) electrons. The van der Waals surface area contributed by atoms with E-state index in [1.807, 2.05) is 0 Å². The van der Waals surface area contributed by atoms with Gasteiger partial charge in [-0.25, -0.2) is 0 Å². The molecule has 5 rings (SSSR count). The molecule has 8 nitrogen and oxygen atoms in total. The number of rotatable bonds is 5. The van der Waals surface area contributed by atoms with Gasteiger partial charge in [0, 0.05) is 79.6 Å². The van der Waals surface area contributed by atoms with Crippen molar-refractivity contribution >= 4 is 22.5 Å². The molecule has 0 bridgehead atoms. The summed E-state index contributed by atoms with van der Waals surface area (Å²) in [5.41, 5.74) is 4.44. The number of benzene rings is 2. The molecule has 2 aliphatic rings. The van der Waals surface area contributed by atoms with E-state index < -0.39 is 4.92 Å². The zero-order valence-electron chi connectivity index (χ0n) is 17.2. The minimum atomic E-state index is -0.466. The van der Waals surface area contributed by atoms with Gasteiger partial charge in [0.15, 0.2) is 0 Å². The first-order chi connectivity index (χ1) is 15.1. The molecule has 1 saturated heterocycles. The van der Waals surface area contributed by atoms with Gasteiger partial charge in [0.25, 0.3) is 11.6 Å². The fraction of sp³-hybridized carbons (Fsp3) is 0.348. The maximum Gasteiger partial charge on any atom is 0.269 e. The van der Waals surface area contributed by atoms with E-state index in [4.69, 9.17) is 0 Å². The predicted molar refractivity (Wildman–Crippen MR) is 118 cm³/mol. The zero-order chi connectivity index (χ0) is 21.4. The normalized spacial score (nSPS) is 19.0. The molecular weight excluding hydrogens is 394 g/mol. The number of piperazine rings is 1. The highest BCUT2D eigenvalue weighted by Gasteiger charge is 2.33. The van der Waals surface area contributed by atoms with Crippen LogP contribution < -0.4 is 5.32 Å². The van der Waals surface area contributed by atoms with Crippen molar-refractivity contribution in [1.29, 1.82) is 0 Å². The van der Waals surface area contributed by atoms with Gasteiger partial charge in [0.05, 0.1) is 4.92 Å². The predicted octanol–water partition coefficient (Wildman–Crippen LogP) is 2.55. The van der Waals surface area contributed by atoms with Gasteiger partial charge in [-0.3, -0.25) is 24.7 Å². The van der Waals surface area contributed by atoms with Crippen LogP contribution >= 0.6 is 0 Å². The fourth-order valence-electron chi connectivity index (χ4n) is 4.79. The molecule has 2 aromatic carbocycles. The van der Waals surface area contributed by atoms with E-state index >= 15 is 0 Å². The van der Waals surface area contributed by atoms with Crippen LogP contribution in [0.4, 0.5) is 5.69 Å². The largest absolute Gasteiger partial charge is 0.357 e. The molecule has 0 saturated carbocycles. The van der Waals surface area contributed by atoms with Crippen molar-refractivity contribution in [2.24, 2.45) is 0 Å². The average Bonchev–Trinajstić information content (AvgIpc) is 3.15. The van der Waals surface area contributed by atoms with Crippen LogP contribution in [0.15, 0.2) is 48.5 Å². The third-order valence-corrected chi connectivity index (χ3v) is 6.45. The van der Waals surface area contributed by atoms with E-state index in [1.165, 1.54) is 46.4 Å². The van der Waals surface area contributed by atoms with Crippen LogP contribution in [-0.2, 0) is 13.0 Å². The smallest absolute Gasteiger partial charge is 0.269 e. The summed E-state index contributed by atoms with van der Waals surface area (Å²) in [6.45, 7) is 5.33. The lowest BCUT2D eigenvalue weighted by Gasteiger charge is -2.44. The number of aromatic nitrogens is 1. The SMILES string of the molecule is O=C(NCCN1CCN2Cc3[nH]c4ccccc4c3CC2C1)c1ccc([N+](=O)[O-])cc1. The maximum atomic E-state index is 12.3. The molecule has 2 N–H and O–H groups in total. The number of para-hydroxylation sites is 1. The zero-order valence-corrected chi connectivity index (χ0v) is 17.2. The van der Waals surface area contributed by atoms with Gasteiger partial charge in [-0.1, -0.05) is 18.2 Å². The molecule has 1 unspecified atom stereocenters. The van der Waals surface area contributed by atoms with Crippen LogP contribution in [0, 0.1) is 10.1 Å². The van der Waals surface area contributed by atoms with Crippen molar-refractivity contribution in [1.82, 2.24) is 20.1 Å². The number of nitro benzene ring substituents is 1. The number of H-pyrrole nitrogens is 1. The maximum absolute atomic E-state index is 12.3. The first-order valence-electron chi connectivity index (χ1n) is 10.7. The first kappa shape index (κ1) is 19.7. The summed E-state index contributed by atoms with van der Waals surface area (Å²) >= 11 is 0. The Hall–Kier alpha value is -3.23. The first-order valence-corrected chi connectivity index (χ1v) is 10.7. The van der Waals surface area contributed by atoms with Gasteiger partial charge in [-0.05, 0) is 30.2 Å². The van der Waals surface area contributed by atoms with Crippen LogP contribution in [0.3, 0.4) is 0 Å². The van der Waals surface area contributed by atoms with E-state index in [2.05, 4.69) is 44.4 Å². The van der Waals surface area contributed by atoms with Gasteiger partial charge < -0.3 is 10.3 Å². The van der Waals surface area contributed by atoms with Gasteiger partial charge >= 0.3 is 0 Å². The average molecular weight is 419 g/mol. The van der Waals surface area contributed by atoms with Crippen LogP contribution in [0.1, 0.15) is 21.6 Å². The lowest BCUT2D eigenvalue weighted by molar-refractivity contribution is -0.384. The summed E-state index contributed by atoms with van der Waals surface area (Å²) in [5.74, 6) is -0.199. The van der Waals surface area contributed by atoms with E-state index in [-0.39, 0.29) is 11.6 Å². The fourth-order valence-corrected chi connectivity index (χ4v) is 4.79. The minimum absolute atomic E-state index is 0.0136. The number of hydrogen-bond donors (Lipinski definition) is 2. The Morgan fingerprint density at radius 3 is 2.77 bits per heavy atom. The molecule has 2 aliphatic heterocycles. The van der Waals surface area contributed by atoms with Crippen LogP contribution in [-0.4, -0.2) is 64.4 Å². The number of amides is 1. The lowest BCUT2D eigenvalue weighted by atomic mass is 9.95. The Morgan fingerprint density at radius 2 is 1.97 bits per heavy atom. The van der Waals surface area contributed by atoms with Crippen molar-refractivity contribution < 1.29 is 9.72 Å². The number of aromatic amines is 1. The molecule has 160 valence electrons. The second-order valence-electron chi connectivity index (χ2n) is 8.32. The van der Waals surface area contributed by atoms with Crippen molar-refractivity contribution in [2.75, 3.05) is 32.7 Å². The van der Waals surface area contributed by atoms with Gasteiger partial charge in [-0.15, -0.1) is 0 Å².